The third-order valence-corrected chi connectivity index (χ3v) is 0.730. The minimum Gasteiger partial charge on any atom is -0.179 e. The summed E-state index contributed by atoms with van der Waals surface area (Å²) in [5.74, 6) is 0. The van der Waals surface area contributed by atoms with Gasteiger partial charge < -0.3 is 0 Å². The summed E-state index contributed by atoms with van der Waals surface area (Å²) in [4.78, 5) is 0. The fourth-order valence-corrected chi connectivity index (χ4v) is 0.334. The molecule has 0 heterocycles. The number of thiol groups is 1. The van der Waals surface area contributed by atoms with Crippen LogP contribution in [-0.4, -0.2) is 5.70 Å². The molecule has 0 N–H and O–H groups in total. The van der Waals surface area contributed by atoms with E-state index in [1.165, 1.54) is 0 Å². The Kier molecular flexibility index (Phi) is 1.39. The van der Waals surface area contributed by atoms with Crippen LogP contribution >= 0.6 is 12.6 Å². The van der Waals surface area contributed by atoms with Crippen LogP contribution in [0.1, 0.15) is 105 Å². The van der Waals surface area contributed by atoms with Gasteiger partial charge in [-0.2, -0.15) is 12.6 Å². The van der Waals surface area contributed by atoms with Crippen LogP contribution in [0.5, 0.6) is 0 Å². The van der Waals surface area contributed by atoms with Crippen molar-refractivity contribution in [3.05, 3.63) is 0 Å². The predicted octanol–water partition coefficient (Wildman–Crippen LogP) is 4.84. The van der Waals surface area contributed by atoms with Gasteiger partial charge in [0.25, 0.3) is 0 Å². The van der Waals surface area contributed by atoms with Gasteiger partial charge in [0, 0.05) is 34.3 Å². The van der Waals surface area contributed by atoms with E-state index in [0.29, 0.717) is 0 Å². The zero-order chi connectivity index (χ0) is 32.0. The molecule has 0 aromatic heterocycles. The van der Waals surface area contributed by atoms with Crippen molar-refractivity contribution in [1.82, 2.24) is 0 Å². The maximum Gasteiger partial charge on any atom is 0.0378 e. The Morgan fingerprint density at radius 2 is 1.31 bits per heavy atom. The summed E-state index contributed by atoms with van der Waals surface area (Å²) in [7, 11) is 0. The SMILES string of the molecule is [2H]C([2H])([2H])C([2H])([2H])C([2H])([2H])C([2H])([2H])C([2H])([2H])C([2H])([2H])C([2H])([2H])C([2H])([2H])C([2H])([2H])C([2H])([2H])C([2H])([2H])C([2H])([2H])S. The Labute approximate surface area is 125 Å². The zero-order valence-electron chi connectivity index (χ0n) is 31.4. The van der Waals surface area contributed by atoms with E-state index in [4.69, 9.17) is 34.3 Å². The first-order valence-corrected chi connectivity index (χ1v) is 3.42. The Balaban J connectivity index is 7.29. The van der Waals surface area contributed by atoms with E-state index in [9.17, 15) is 0 Å². The molecule has 0 aliphatic carbocycles. The second-order valence-corrected chi connectivity index (χ2v) is 1.59. The van der Waals surface area contributed by atoms with Crippen LogP contribution < -0.4 is 0 Å². The molecule has 0 spiro atoms. The lowest BCUT2D eigenvalue weighted by Crippen LogP contribution is -1.81. The van der Waals surface area contributed by atoms with Gasteiger partial charge >= 0.3 is 0 Å². The van der Waals surface area contributed by atoms with Gasteiger partial charge in [0.2, 0.25) is 0 Å². The molecule has 0 radical (unpaired) electrons. The summed E-state index contributed by atoms with van der Waals surface area (Å²) < 4.78 is 193. The molecule has 1 heteroatoms. The van der Waals surface area contributed by atoms with Crippen LogP contribution in [0, 0.1) is 0 Å². The van der Waals surface area contributed by atoms with Crippen LogP contribution in [0.4, 0.5) is 0 Å². The van der Waals surface area contributed by atoms with Crippen LogP contribution in [0.15, 0.2) is 0 Å². The van der Waals surface area contributed by atoms with Crippen molar-refractivity contribution in [3.63, 3.8) is 0 Å². The van der Waals surface area contributed by atoms with E-state index in [1.54, 1.807) is 0 Å². The molecule has 0 saturated heterocycles. The first-order chi connectivity index (χ1) is 15.8. The second-order valence-electron chi connectivity index (χ2n) is 1.36. The lowest BCUT2D eigenvalue weighted by atomic mass is 10.1. The zero-order valence-corrected chi connectivity index (χ0v) is 7.34. The highest BCUT2D eigenvalue weighted by Crippen LogP contribution is 2.10. The average Bonchev–Trinajstić information content (AvgIpc) is 2.64. The van der Waals surface area contributed by atoms with Gasteiger partial charge in [0.1, 0.15) is 0 Å². The van der Waals surface area contributed by atoms with Crippen molar-refractivity contribution < 1.29 is 34.3 Å². The van der Waals surface area contributed by atoms with Crippen LogP contribution in [0.3, 0.4) is 0 Å². The molecule has 0 saturated carbocycles. The van der Waals surface area contributed by atoms with E-state index in [0.717, 1.165) is 0 Å². The van der Waals surface area contributed by atoms with E-state index in [2.05, 4.69) is 12.6 Å². The molecule has 0 unspecified atom stereocenters. The Morgan fingerprint density at radius 1 is 0.846 bits per heavy atom. The molecular weight excluding hydrogens is 176 g/mol. The summed E-state index contributed by atoms with van der Waals surface area (Å²) in [6.07, 6.45) is -45.4. The fraction of sp³-hybridized carbons (Fsp3) is 1.00. The normalized spacial score (nSPS) is 52.2. The molecule has 0 amide bonds. The van der Waals surface area contributed by atoms with E-state index in [1.807, 2.05) is 0 Å². The first-order valence-electron chi connectivity index (χ1n) is 15.5. The van der Waals surface area contributed by atoms with Crippen LogP contribution in [0.25, 0.3) is 0 Å². The molecule has 13 heavy (non-hydrogen) atoms. The summed E-state index contributed by atoms with van der Waals surface area (Å²) >= 11 is 3.18. The van der Waals surface area contributed by atoms with Crippen molar-refractivity contribution in [3.8, 4) is 0 Å². The molecule has 0 bridgehead atoms. The first kappa shape index (κ1) is 1.46. The van der Waals surface area contributed by atoms with Crippen LogP contribution in [0.2, 0.25) is 0 Å². The Bertz CT molecular complexity index is 798. The summed E-state index contributed by atoms with van der Waals surface area (Å²) in [6, 6.07) is 0. The molecule has 0 rings (SSSR count). The maximum absolute atomic E-state index is 7.99. The predicted molar refractivity (Wildman–Crippen MR) is 65.7 cm³/mol. The van der Waals surface area contributed by atoms with Crippen molar-refractivity contribution >= 4 is 12.6 Å². The van der Waals surface area contributed by atoms with Crippen molar-refractivity contribution in [1.29, 1.82) is 0 Å². The molecule has 0 fully saturated rings. The third-order valence-electron chi connectivity index (χ3n) is 0.618. The van der Waals surface area contributed by atoms with Gasteiger partial charge in [-0.25, -0.2) is 0 Å². The number of hydrogen-bond donors (Lipinski definition) is 1. The highest BCUT2D eigenvalue weighted by atomic mass is 32.1. The maximum atomic E-state index is 7.99. The molecule has 0 atom stereocenters. The number of rotatable bonds is 10. The average molecular weight is 228 g/mol. The quantitative estimate of drug-likeness (QED) is 0.508. The lowest BCUT2D eigenvalue weighted by molar-refractivity contribution is 0.563. The standard InChI is InChI=1S/C12H26S/c1-2-3-4-5-6-7-8-9-10-11-12-13/h13H,2-12H2,1H3/i1D3,2D2,3D2,4D2,5D2,6D2,7D2,8D2,9D2,10D2,11D2,12D2. The van der Waals surface area contributed by atoms with Crippen molar-refractivity contribution in [2.75, 3.05) is 5.70 Å². The minimum atomic E-state index is -4.78. The fourth-order valence-electron chi connectivity index (χ4n) is 0.278. The topological polar surface area (TPSA) is 0 Å². The minimum absolute atomic E-state index is 3.18. The van der Waals surface area contributed by atoms with E-state index in [-0.39, 0.29) is 0 Å². The van der Waals surface area contributed by atoms with Gasteiger partial charge in [0.05, 0.1) is 0 Å². The molecule has 0 aliphatic rings. The third kappa shape index (κ3) is 12.4. The molecule has 0 aromatic carbocycles. The summed E-state index contributed by atoms with van der Waals surface area (Å²) in [5.41, 5.74) is -3.55. The Hall–Kier alpha value is 0.350. The number of hydrogen-bond acceptors (Lipinski definition) is 1. The van der Waals surface area contributed by atoms with Gasteiger partial charge in [-0.1, -0.05) is 64.2 Å². The highest BCUT2D eigenvalue weighted by molar-refractivity contribution is 7.80. The van der Waals surface area contributed by atoms with Crippen molar-refractivity contribution in [2.24, 2.45) is 0 Å². The van der Waals surface area contributed by atoms with E-state index < -0.39 is 76.3 Å². The van der Waals surface area contributed by atoms with Gasteiger partial charge in [-0.15, -0.1) is 0 Å². The molecule has 80 valence electrons. The largest absolute Gasteiger partial charge is 0.179 e. The van der Waals surface area contributed by atoms with Gasteiger partial charge in [0.15, 0.2) is 0 Å². The van der Waals surface area contributed by atoms with Gasteiger partial charge in [-0.05, 0) is 12.1 Å². The van der Waals surface area contributed by atoms with Gasteiger partial charge in [-0.3, -0.25) is 0 Å². The molecule has 0 aliphatic heterocycles. The molecule has 0 aromatic rings. The van der Waals surface area contributed by atoms with Crippen molar-refractivity contribution in [2.45, 2.75) is 70.6 Å². The molecular formula is C12H26S. The Morgan fingerprint density at radius 3 is 1.77 bits per heavy atom. The highest BCUT2D eigenvalue weighted by Gasteiger charge is 1.91. The lowest BCUT2D eigenvalue weighted by Gasteiger charge is -2.00. The molecule has 0 nitrogen and oxygen atoms in total. The monoisotopic (exact) mass is 227 g/mol. The smallest absolute Gasteiger partial charge is 0.0378 e. The second kappa shape index (κ2) is 12.3. The summed E-state index contributed by atoms with van der Waals surface area (Å²) in [6.45, 7) is -3.98. The summed E-state index contributed by atoms with van der Waals surface area (Å²) in [5, 5.41) is 0. The van der Waals surface area contributed by atoms with Crippen LogP contribution in [-0.2, 0) is 0 Å². The van der Waals surface area contributed by atoms with E-state index >= 15 is 0 Å².